The number of benzene rings is 3. The van der Waals surface area contributed by atoms with E-state index >= 15 is 0 Å². The van der Waals surface area contributed by atoms with Crippen LogP contribution in [-0.2, 0) is 5.41 Å². The summed E-state index contributed by atoms with van der Waals surface area (Å²) in [6, 6.07) is 29.9. The third-order valence-corrected chi connectivity index (χ3v) is 7.18. The third-order valence-electron chi connectivity index (χ3n) is 4.68. The summed E-state index contributed by atoms with van der Waals surface area (Å²) in [5.41, 5.74) is 2.00. The van der Waals surface area contributed by atoms with Gasteiger partial charge in [0.15, 0.2) is 0 Å². The van der Waals surface area contributed by atoms with Crippen molar-refractivity contribution in [2.24, 2.45) is 0 Å². The molecule has 4 aromatic rings. The molecule has 4 rings (SSSR count). The van der Waals surface area contributed by atoms with Gasteiger partial charge in [0.05, 0.1) is 5.69 Å². The lowest BCUT2D eigenvalue weighted by Crippen LogP contribution is -2.22. The quantitative estimate of drug-likeness (QED) is 0.440. The number of oxazole rings is 1. The third kappa shape index (κ3) is 3.79. The molecule has 28 heavy (non-hydrogen) atoms. The number of nitrogens with zero attached hydrogens (tertiary/aromatic N) is 1. The zero-order chi connectivity index (χ0) is 19.6. The molecule has 0 amide bonds. The highest BCUT2D eigenvalue weighted by atomic mass is 31.1. The van der Waals surface area contributed by atoms with Gasteiger partial charge in [0.25, 0.3) is 0 Å². The lowest BCUT2D eigenvalue weighted by molar-refractivity contribution is 0.544. The van der Waals surface area contributed by atoms with Gasteiger partial charge in [-0.15, -0.1) is 0 Å². The van der Waals surface area contributed by atoms with Crippen LogP contribution >= 0.6 is 7.92 Å². The first-order valence-corrected chi connectivity index (χ1v) is 10.8. The number of hydrogen-bond acceptors (Lipinski definition) is 2. The van der Waals surface area contributed by atoms with E-state index in [9.17, 15) is 0 Å². The Balaban J connectivity index is 1.88. The van der Waals surface area contributed by atoms with Crippen LogP contribution in [0, 0.1) is 0 Å². The van der Waals surface area contributed by atoms with E-state index < -0.39 is 7.92 Å². The van der Waals surface area contributed by atoms with Crippen molar-refractivity contribution in [1.29, 1.82) is 0 Å². The largest absolute Gasteiger partial charge is 0.444 e. The zero-order valence-electron chi connectivity index (χ0n) is 16.5. The van der Waals surface area contributed by atoms with E-state index in [4.69, 9.17) is 9.40 Å². The van der Waals surface area contributed by atoms with Crippen molar-refractivity contribution >= 4 is 23.8 Å². The Bertz CT molecular complexity index is 1010. The highest BCUT2D eigenvalue weighted by Gasteiger charge is 2.24. The van der Waals surface area contributed by atoms with Crippen LogP contribution in [0.25, 0.3) is 11.5 Å². The molecule has 0 atom stereocenters. The Hall–Kier alpha value is -2.70. The van der Waals surface area contributed by atoms with E-state index in [1.807, 2.05) is 0 Å². The summed E-state index contributed by atoms with van der Waals surface area (Å²) in [6.07, 6.45) is 1.79. The Morgan fingerprint density at radius 3 is 1.79 bits per heavy atom. The van der Waals surface area contributed by atoms with Crippen LogP contribution in [0.4, 0.5) is 0 Å². The molecule has 0 saturated carbocycles. The minimum absolute atomic E-state index is 0.0414. The van der Waals surface area contributed by atoms with Crippen LogP contribution in [0.5, 0.6) is 0 Å². The molecule has 0 unspecified atom stereocenters. The van der Waals surface area contributed by atoms with Gasteiger partial charge in [-0.3, -0.25) is 0 Å². The fourth-order valence-corrected chi connectivity index (χ4v) is 5.61. The molecule has 0 aliphatic heterocycles. The SMILES string of the molecule is CC(C)(C)c1coc(-c2ccccc2P(c2ccccc2)c2ccccc2)n1. The molecule has 0 N–H and O–H groups in total. The van der Waals surface area contributed by atoms with Crippen molar-refractivity contribution in [2.45, 2.75) is 26.2 Å². The highest BCUT2D eigenvalue weighted by molar-refractivity contribution is 7.80. The highest BCUT2D eigenvalue weighted by Crippen LogP contribution is 2.37. The van der Waals surface area contributed by atoms with Gasteiger partial charge in [0.2, 0.25) is 5.89 Å². The molecule has 0 aliphatic carbocycles. The van der Waals surface area contributed by atoms with E-state index in [1.165, 1.54) is 15.9 Å². The Morgan fingerprint density at radius 2 is 1.25 bits per heavy atom. The summed E-state index contributed by atoms with van der Waals surface area (Å²) in [5, 5.41) is 3.90. The molecule has 1 heterocycles. The van der Waals surface area contributed by atoms with E-state index in [-0.39, 0.29) is 5.41 Å². The van der Waals surface area contributed by atoms with Crippen LogP contribution in [0.2, 0.25) is 0 Å². The Morgan fingerprint density at radius 1 is 0.714 bits per heavy atom. The molecule has 0 fully saturated rings. The predicted molar refractivity (Wildman–Crippen MR) is 119 cm³/mol. The topological polar surface area (TPSA) is 26.0 Å². The van der Waals surface area contributed by atoms with E-state index in [1.54, 1.807) is 6.26 Å². The molecule has 0 bridgehead atoms. The summed E-state index contributed by atoms with van der Waals surface area (Å²) in [4.78, 5) is 4.83. The molecule has 0 spiro atoms. The van der Waals surface area contributed by atoms with Gasteiger partial charge in [0.1, 0.15) is 6.26 Å². The lowest BCUT2D eigenvalue weighted by atomic mass is 9.93. The van der Waals surface area contributed by atoms with Gasteiger partial charge in [-0.25, -0.2) is 4.98 Å². The first kappa shape index (κ1) is 18.7. The maximum atomic E-state index is 5.94. The van der Waals surface area contributed by atoms with Gasteiger partial charge in [-0.2, -0.15) is 0 Å². The smallest absolute Gasteiger partial charge is 0.226 e. The van der Waals surface area contributed by atoms with Crippen LogP contribution in [0.3, 0.4) is 0 Å². The molecule has 3 aromatic carbocycles. The molecule has 140 valence electrons. The van der Waals surface area contributed by atoms with Gasteiger partial charge >= 0.3 is 0 Å². The standard InChI is InChI=1S/C25H24NOP/c1-25(2,3)23-18-27-24(26-23)21-16-10-11-17-22(21)28(19-12-6-4-7-13-19)20-14-8-5-9-15-20/h4-18H,1-3H3. The summed E-state index contributed by atoms with van der Waals surface area (Å²) in [5.74, 6) is 0.694. The Kier molecular flexibility index (Phi) is 5.15. The van der Waals surface area contributed by atoms with Crippen molar-refractivity contribution in [1.82, 2.24) is 4.98 Å². The van der Waals surface area contributed by atoms with Crippen molar-refractivity contribution < 1.29 is 4.42 Å². The minimum atomic E-state index is -0.709. The summed E-state index contributed by atoms with van der Waals surface area (Å²) < 4.78 is 5.94. The van der Waals surface area contributed by atoms with Crippen molar-refractivity contribution in [3.05, 3.63) is 96.9 Å². The zero-order valence-corrected chi connectivity index (χ0v) is 17.4. The second kappa shape index (κ2) is 7.73. The van der Waals surface area contributed by atoms with Gasteiger partial charge in [-0.05, 0) is 29.9 Å². The molecular weight excluding hydrogens is 361 g/mol. The minimum Gasteiger partial charge on any atom is -0.444 e. The van der Waals surface area contributed by atoms with Crippen molar-refractivity contribution in [2.75, 3.05) is 0 Å². The molecule has 0 saturated heterocycles. The fourth-order valence-electron chi connectivity index (χ4n) is 3.17. The maximum absolute atomic E-state index is 5.94. The normalized spacial score (nSPS) is 11.7. The maximum Gasteiger partial charge on any atom is 0.226 e. The predicted octanol–water partition coefficient (Wildman–Crippen LogP) is 5.40. The molecule has 0 radical (unpaired) electrons. The van der Waals surface area contributed by atoms with Crippen molar-refractivity contribution in [3.63, 3.8) is 0 Å². The van der Waals surface area contributed by atoms with Crippen LogP contribution in [0.1, 0.15) is 26.5 Å². The lowest BCUT2D eigenvalue weighted by Gasteiger charge is -2.21. The molecule has 3 heteroatoms. The average Bonchev–Trinajstić information content (AvgIpc) is 3.21. The van der Waals surface area contributed by atoms with Gasteiger partial charge in [0, 0.05) is 11.0 Å². The molecule has 2 nitrogen and oxygen atoms in total. The van der Waals surface area contributed by atoms with Crippen LogP contribution < -0.4 is 15.9 Å². The molecule has 1 aromatic heterocycles. The second-order valence-electron chi connectivity index (χ2n) is 7.81. The average molecular weight is 385 g/mol. The molecule has 0 aliphatic rings. The molecular formula is C25H24NOP. The van der Waals surface area contributed by atoms with Crippen LogP contribution in [0.15, 0.2) is 95.6 Å². The summed E-state index contributed by atoms with van der Waals surface area (Å²) >= 11 is 0. The number of rotatable bonds is 4. The van der Waals surface area contributed by atoms with E-state index in [0.717, 1.165) is 11.3 Å². The summed E-state index contributed by atoms with van der Waals surface area (Å²) in [7, 11) is -0.709. The van der Waals surface area contributed by atoms with E-state index in [0.29, 0.717) is 5.89 Å². The number of aromatic nitrogens is 1. The van der Waals surface area contributed by atoms with Gasteiger partial charge < -0.3 is 4.42 Å². The monoisotopic (exact) mass is 385 g/mol. The van der Waals surface area contributed by atoms with E-state index in [2.05, 4.69) is 106 Å². The number of hydrogen-bond donors (Lipinski definition) is 0. The van der Waals surface area contributed by atoms with Crippen molar-refractivity contribution in [3.8, 4) is 11.5 Å². The van der Waals surface area contributed by atoms with Gasteiger partial charge in [-0.1, -0.05) is 99.6 Å². The fraction of sp³-hybridized carbons (Fsp3) is 0.160. The second-order valence-corrected chi connectivity index (χ2v) is 10.00. The summed E-state index contributed by atoms with van der Waals surface area (Å²) in [6.45, 7) is 6.46. The first-order chi connectivity index (χ1) is 13.5. The Labute approximate surface area is 168 Å². The van der Waals surface area contributed by atoms with Crippen LogP contribution in [-0.4, -0.2) is 4.98 Å². The first-order valence-electron chi connectivity index (χ1n) is 9.50.